The van der Waals surface area contributed by atoms with Gasteiger partial charge in [0.15, 0.2) is 0 Å². The first kappa shape index (κ1) is 11.6. The summed E-state index contributed by atoms with van der Waals surface area (Å²) in [5, 5.41) is 9.98. The summed E-state index contributed by atoms with van der Waals surface area (Å²) in [5.41, 5.74) is -1.67. The molecule has 0 spiro atoms. The van der Waals surface area contributed by atoms with E-state index in [1.807, 2.05) is 9.82 Å². The van der Waals surface area contributed by atoms with Gasteiger partial charge in [0.25, 0.3) is 10.2 Å². The molecule has 0 aromatic carbocycles. The topological polar surface area (TPSA) is 140 Å². The maximum Gasteiger partial charge on any atom is 0.330 e. The van der Waals surface area contributed by atoms with Crippen LogP contribution in [0.1, 0.15) is 0 Å². The summed E-state index contributed by atoms with van der Waals surface area (Å²) in [7, 11) is -3.79. The van der Waals surface area contributed by atoms with E-state index >= 15 is 0 Å². The quantitative estimate of drug-likeness (QED) is 0.469. The molecule has 1 heterocycles. The zero-order valence-electron chi connectivity index (χ0n) is 7.50. The standard InChI is InChI=1S/C5H9N5O4S/c6-15(13,14)8-1-2-10-3-7-9-4(11)5(10)12/h3,8H,1-2H2,(H,9,11)(H2,6,13,14). The average Bonchev–Trinajstić information content (AvgIpc) is 2.10. The second-order valence-electron chi connectivity index (χ2n) is 2.62. The van der Waals surface area contributed by atoms with Crippen molar-refractivity contribution >= 4 is 10.2 Å². The van der Waals surface area contributed by atoms with Gasteiger partial charge >= 0.3 is 11.1 Å². The Bertz CT molecular complexity index is 543. The Hall–Kier alpha value is -1.52. The number of H-pyrrole nitrogens is 1. The second kappa shape index (κ2) is 4.33. The van der Waals surface area contributed by atoms with Gasteiger partial charge in [-0.2, -0.15) is 13.5 Å². The first-order valence-electron chi connectivity index (χ1n) is 3.81. The van der Waals surface area contributed by atoms with Gasteiger partial charge in [0.05, 0.1) is 0 Å². The van der Waals surface area contributed by atoms with Gasteiger partial charge < -0.3 is 0 Å². The number of aromatic nitrogens is 3. The summed E-state index contributed by atoms with van der Waals surface area (Å²) >= 11 is 0. The molecule has 84 valence electrons. The Balaban J connectivity index is 2.71. The molecule has 0 fully saturated rings. The fourth-order valence-corrected chi connectivity index (χ4v) is 1.23. The maximum atomic E-state index is 11.1. The van der Waals surface area contributed by atoms with Crippen LogP contribution in [0.4, 0.5) is 0 Å². The van der Waals surface area contributed by atoms with Gasteiger partial charge in [0.1, 0.15) is 6.33 Å². The average molecular weight is 235 g/mol. The molecule has 0 aliphatic rings. The summed E-state index contributed by atoms with van der Waals surface area (Å²) in [4.78, 5) is 21.9. The van der Waals surface area contributed by atoms with Crippen LogP contribution in [0.2, 0.25) is 0 Å². The largest absolute Gasteiger partial charge is 0.330 e. The van der Waals surface area contributed by atoms with Crippen LogP contribution in [0, 0.1) is 0 Å². The van der Waals surface area contributed by atoms with E-state index in [0.29, 0.717) is 0 Å². The van der Waals surface area contributed by atoms with Crippen LogP contribution in [-0.4, -0.2) is 29.7 Å². The number of nitrogens with zero attached hydrogens (tertiary/aromatic N) is 2. The normalized spacial score (nSPS) is 11.5. The molecule has 0 atom stereocenters. The summed E-state index contributed by atoms with van der Waals surface area (Å²) in [6.45, 7) is -0.115. The molecule has 10 heteroatoms. The minimum atomic E-state index is -3.79. The van der Waals surface area contributed by atoms with E-state index in [9.17, 15) is 18.0 Å². The zero-order valence-corrected chi connectivity index (χ0v) is 8.32. The van der Waals surface area contributed by atoms with Crippen molar-refractivity contribution in [3.63, 3.8) is 0 Å². The first-order valence-corrected chi connectivity index (χ1v) is 5.36. The summed E-state index contributed by atoms with van der Waals surface area (Å²) in [6.07, 6.45) is 1.09. The minimum absolute atomic E-state index is 0.0216. The molecule has 1 aromatic heterocycles. The highest BCUT2D eigenvalue weighted by Crippen LogP contribution is 1.74. The molecule has 0 radical (unpaired) electrons. The number of rotatable bonds is 4. The Morgan fingerprint density at radius 1 is 1.53 bits per heavy atom. The Morgan fingerprint density at radius 2 is 2.20 bits per heavy atom. The van der Waals surface area contributed by atoms with E-state index in [4.69, 9.17) is 0 Å². The van der Waals surface area contributed by atoms with E-state index in [1.165, 1.54) is 0 Å². The van der Waals surface area contributed by atoms with E-state index in [0.717, 1.165) is 10.9 Å². The van der Waals surface area contributed by atoms with Crippen molar-refractivity contribution in [1.29, 1.82) is 0 Å². The van der Waals surface area contributed by atoms with Crippen LogP contribution in [0.25, 0.3) is 0 Å². The van der Waals surface area contributed by atoms with Gasteiger partial charge in [0, 0.05) is 13.1 Å². The molecule has 1 rings (SSSR count). The van der Waals surface area contributed by atoms with Crippen LogP contribution < -0.4 is 21.0 Å². The summed E-state index contributed by atoms with van der Waals surface area (Å²) in [5.74, 6) is 0. The Kier molecular flexibility index (Phi) is 3.34. The number of hydrogen-bond acceptors (Lipinski definition) is 5. The van der Waals surface area contributed by atoms with E-state index in [1.54, 1.807) is 0 Å². The zero-order chi connectivity index (χ0) is 11.5. The van der Waals surface area contributed by atoms with Gasteiger partial charge in [-0.05, 0) is 0 Å². The summed E-state index contributed by atoms with van der Waals surface area (Å²) < 4.78 is 23.9. The first-order chi connectivity index (χ1) is 6.90. The van der Waals surface area contributed by atoms with Gasteiger partial charge in [-0.3, -0.25) is 14.2 Å². The van der Waals surface area contributed by atoms with Crippen molar-refractivity contribution in [2.45, 2.75) is 6.54 Å². The number of hydrogen-bond donors (Lipinski definition) is 3. The van der Waals surface area contributed by atoms with Crippen molar-refractivity contribution in [3.8, 4) is 0 Å². The Labute approximate surface area is 84.1 Å². The van der Waals surface area contributed by atoms with E-state index in [2.05, 4.69) is 10.2 Å². The molecule has 9 nitrogen and oxygen atoms in total. The molecule has 0 saturated carbocycles. The summed E-state index contributed by atoms with van der Waals surface area (Å²) in [6, 6.07) is 0. The highest BCUT2D eigenvalue weighted by molar-refractivity contribution is 7.87. The lowest BCUT2D eigenvalue weighted by molar-refractivity contribution is 0.566. The highest BCUT2D eigenvalue weighted by atomic mass is 32.2. The third-order valence-electron chi connectivity index (χ3n) is 1.47. The fraction of sp³-hybridized carbons (Fsp3) is 0.400. The minimum Gasteiger partial charge on any atom is -0.292 e. The van der Waals surface area contributed by atoms with Gasteiger partial charge in [-0.1, -0.05) is 0 Å². The lowest BCUT2D eigenvalue weighted by Gasteiger charge is -2.03. The molecular formula is C5H9N5O4S. The van der Waals surface area contributed by atoms with Crippen LogP contribution in [0.3, 0.4) is 0 Å². The predicted octanol–water partition coefficient (Wildman–Crippen LogP) is -3.28. The number of aromatic amines is 1. The van der Waals surface area contributed by atoms with Crippen molar-refractivity contribution in [3.05, 3.63) is 27.0 Å². The lowest BCUT2D eigenvalue weighted by Crippen LogP contribution is -2.40. The number of nitrogens with two attached hydrogens (primary N) is 1. The SMILES string of the molecule is NS(=O)(=O)NCCn1cn[nH]c(=O)c1=O. The monoisotopic (exact) mass is 235 g/mol. The second-order valence-corrected chi connectivity index (χ2v) is 4.00. The van der Waals surface area contributed by atoms with E-state index < -0.39 is 21.3 Å². The van der Waals surface area contributed by atoms with Crippen molar-refractivity contribution in [1.82, 2.24) is 19.5 Å². The van der Waals surface area contributed by atoms with Crippen LogP contribution in [0.15, 0.2) is 15.9 Å². The van der Waals surface area contributed by atoms with Crippen LogP contribution in [-0.2, 0) is 16.8 Å². The molecule has 0 amide bonds. The van der Waals surface area contributed by atoms with Gasteiger partial charge in [-0.25, -0.2) is 15.0 Å². The van der Waals surface area contributed by atoms with Crippen LogP contribution >= 0.6 is 0 Å². The van der Waals surface area contributed by atoms with Crippen LogP contribution in [0.5, 0.6) is 0 Å². The molecule has 15 heavy (non-hydrogen) atoms. The van der Waals surface area contributed by atoms with E-state index in [-0.39, 0.29) is 13.1 Å². The lowest BCUT2D eigenvalue weighted by atomic mass is 10.6. The maximum absolute atomic E-state index is 11.1. The van der Waals surface area contributed by atoms with Crippen molar-refractivity contribution in [2.75, 3.05) is 6.54 Å². The Morgan fingerprint density at radius 3 is 2.80 bits per heavy atom. The molecule has 0 unspecified atom stereocenters. The molecule has 0 bridgehead atoms. The third-order valence-corrected chi connectivity index (χ3v) is 2.08. The number of nitrogens with one attached hydrogen (secondary N) is 2. The van der Waals surface area contributed by atoms with Crippen molar-refractivity contribution in [2.24, 2.45) is 5.14 Å². The molecule has 4 N–H and O–H groups in total. The smallest absolute Gasteiger partial charge is 0.292 e. The third kappa shape index (κ3) is 3.61. The highest BCUT2D eigenvalue weighted by Gasteiger charge is 2.02. The fourth-order valence-electron chi connectivity index (χ4n) is 0.856. The molecular weight excluding hydrogens is 226 g/mol. The predicted molar refractivity (Wildman–Crippen MR) is 50.2 cm³/mol. The van der Waals surface area contributed by atoms with Gasteiger partial charge in [-0.15, -0.1) is 0 Å². The molecule has 0 aliphatic heterocycles. The van der Waals surface area contributed by atoms with Gasteiger partial charge in [0.2, 0.25) is 0 Å². The van der Waals surface area contributed by atoms with Crippen molar-refractivity contribution < 1.29 is 8.42 Å². The molecule has 1 aromatic rings. The molecule has 0 aliphatic carbocycles. The molecule has 0 saturated heterocycles.